The predicted octanol–water partition coefficient (Wildman–Crippen LogP) is 7.42. The number of benzene rings is 4. The molecule has 176 valence electrons. The average molecular weight is 535 g/mol. The molecule has 4 aromatic carbocycles. The van der Waals surface area contributed by atoms with Crippen molar-refractivity contribution in [3.8, 4) is 17.0 Å². The summed E-state index contributed by atoms with van der Waals surface area (Å²) in [6, 6.07) is 34.8. The third kappa shape index (κ3) is 4.25. The van der Waals surface area contributed by atoms with Crippen molar-refractivity contribution < 1.29 is 4.74 Å². The van der Waals surface area contributed by atoms with E-state index >= 15 is 0 Å². The molecular weight excluding hydrogens is 512 g/mol. The van der Waals surface area contributed by atoms with Gasteiger partial charge in [0.2, 0.25) is 5.95 Å². The first kappa shape index (κ1) is 22.4. The van der Waals surface area contributed by atoms with Crippen LogP contribution in [0.4, 0.5) is 5.95 Å². The number of aromatic nitrogens is 2. The van der Waals surface area contributed by atoms with Crippen LogP contribution in [0.25, 0.3) is 22.2 Å². The van der Waals surface area contributed by atoms with Gasteiger partial charge in [-0.1, -0.05) is 76.6 Å². The lowest BCUT2D eigenvalue weighted by Gasteiger charge is -2.23. The maximum Gasteiger partial charge on any atom is 0.247 e. The molecule has 0 radical (unpaired) electrons. The van der Waals surface area contributed by atoms with Gasteiger partial charge >= 0.3 is 0 Å². The van der Waals surface area contributed by atoms with Crippen molar-refractivity contribution in [2.24, 2.45) is 5.10 Å². The standard InChI is InChI=1S/C30H23BrN4O/c1-36-24-17-13-20(14-18-24)27-19-28(21-11-15-23(31)16-12-21)35(34-27)30-32-26-10-6-5-9-25(26)29(33-30)22-7-3-2-4-8-22/h2-18,28H,19H2,1H3. The van der Waals surface area contributed by atoms with Crippen LogP contribution >= 0.6 is 15.9 Å². The van der Waals surface area contributed by atoms with Gasteiger partial charge in [0.15, 0.2) is 0 Å². The van der Waals surface area contributed by atoms with Crippen LogP contribution in [0.15, 0.2) is 113 Å². The quantitative estimate of drug-likeness (QED) is 0.235. The fourth-order valence-corrected chi connectivity index (χ4v) is 4.84. The van der Waals surface area contributed by atoms with Crippen LogP contribution < -0.4 is 9.75 Å². The summed E-state index contributed by atoms with van der Waals surface area (Å²) in [7, 11) is 1.68. The Bertz CT molecular complexity index is 1550. The van der Waals surface area contributed by atoms with Gasteiger partial charge in [0.05, 0.1) is 30.1 Å². The zero-order valence-corrected chi connectivity index (χ0v) is 21.3. The van der Waals surface area contributed by atoms with Gasteiger partial charge in [-0.2, -0.15) is 5.10 Å². The van der Waals surface area contributed by atoms with Crippen LogP contribution in [0.5, 0.6) is 5.75 Å². The summed E-state index contributed by atoms with van der Waals surface area (Å²) < 4.78 is 6.39. The Balaban J connectivity index is 1.50. The molecule has 2 heterocycles. The van der Waals surface area contributed by atoms with Crippen molar-refractivity contribution in [3.63, 3.8) is 0 Å². The van der Waals surface area contributed by atoms with Crippen LogP contribution in [0.3, 0.4) is 0 Å². The predicted molar refractivity (Wildman–Crippen MR) is 148 cm³/mol. The van der Waals surface area contributed by atoms with E-state index in [4.69, 9.17) is 19.8 Å². The highest BCUT2D eigenvalue weighted by molar-refractivity contribution is 9.10. The summed E-state index contributed by atoms with van der Waals surface area (Å²) in [5, 5.41) is 8.07. The molecule has 6 rings (SSSR count). The van der Waals surface area contributed by atoms with E-state index in [2.05, 4.69) is 70.5 Å². The van der Waals surface area contributed by atoms with Gasteiger partial charge in [-0.25, -0.2) is 15.0 Å². The molecule has 0 bridgehead atoms. The van der Waals surface area contributed by atoms with Crippen molar-refractivity contribution in [1.29, 1.82) is 0 Å². The van der Waals surface area contributed by atoms with Crippen molar-refractivity contribution in [2.45, 2.75) is 12.5 Å². The topological polar surface area (TPSA) is 50.6 Å². The molecule has 0 saturated heterocycles. The van der Waals surface area contributed by atoms with Gasteiger partial charge in [-0.3, -0.25) is 0 Å². The molecule has 1 aromatic heterocycles. The molecule has 36 heavy (non-hydrogen) atoms. The van der Waals surface area contributed by atoms with Crippen molar-refractivity contribution in [2.75, 3.05) is 12.1 Å². The van der Waals surface area contributed by atoms with Crippen LogP contribution in [0, 0.1) is 0 Å². The smallest absolute Gasteiger partial charge is 0.247 e. The number of methoxy groups -OCH3 is 1. The Hall–Kier alpha value is -4.03. The highest BCUT2D eigenvalue weighted by atomic mass is 79.9. The van der Waals surface area contributed by atoms with Gasteiger partial charge in [-0.05, 0) is 53.6 Å². The van der Waals surface area contributed by atoms with E-state index in [9.17, 15) is 0 Å². The highest BCUT2D eigenvalue weighted by Crippen LogP contribution is 2.38. The largest absolute Gasteiger partial charge is 0.497 e. The van der Waals surface area contributed by atoms with E-state index < -0.39 is 0 Å². The Morgan fingerprint density at radius 3 is 2.25 bits per heavy atom. The summed E-state index contributed by atoms with van der Waals surface area (Å²) in [5.74, 6) is 1.41. The first-order chi connectivity index (χ1) is 17.7. The van der Waals surface area contributed by atoms with Gasteiger partial charge in [0, 0.05) is 21.8 Å². The Kier molecular flexibility index (Phi) is 5.95. The van der Waals surface area contributed by atoms with Gasteiger partial charge < -0.3 is 4.74 Å². The zero-order valence-electron chi connectivity index (χ0n) is 19.7. The molecule has 0 N–H and O–H groups in total. The second kappa shape index (κ2) is 9.55. The summed E-state index contributed by atoms with van der Waals surface area (Å²) in [6.45, 7) is 0. The van der Waals surface area contributed by atoms with Crippen LogP contribution in [0.1, 0.15) is 23.6 Å². The van der Waals surface area contributed by atoms with E-state index in [1.807, 2.05) is 53.5 Å². The minimum atomic E-state index is -0.0278. The second-order valence-corrected chi connectivity index (χ2v) is 9.56. The number of fused-ring (bicyclic) bond motifs is 1. The molecule has 0 fully saturated rings. The van der Waals surface area contributed by atoms with Gasteiger partial charge in [0.1, 0.15) is 5.75 Å². The molecule has 1 aliphatic rings. The number of anilines is 1. The van der Waals surface area contributed by atoms with E-state index in [0.29, 0.717) is 5.95 Å². The van der Waals surface area contributed by atoms with Crippen molar-refractivity contribution in [1.82, 2.24) is 9.97 Å². The highest BCUT2D eigenvalue weighted by Gasteiger charge is 2.32. The number of halogens is 1. The lowest BCUT2D eigenvalue weighted by Crippen LogP contribution is -2.21. The monoisotopic (exact) mass is 534 g/mol. The summed E-state index contributed by atoms with van der Waals surface area (Å²) in [6.07, 6.45) is 0.741. The molecule has 1 atom stereocenters. The number of hydrogen-bond acceptors (Lipinski definition) is 5. The first-order valence-corrected chi connectivity index (χ1v) is 12.6. The number of para-hydroxylation sites is 1. The Morgan fingerprint density at radius 1 is 0.778 bits per heavy atom. The summed E-state index contributed by atoms with van der Waals surface area (Å²) in [5.41, 5.74) is 6.05. The fourth-order valence-electron chi connectivity index (χ4n) is 4.58. The van der Waals surface area contributed by atoms with Crippen molar-refractivity contribution in [3.05, 3.63) is 119 Å². The molecule has 0 saturated carbocycles. The second-order valence-electron chi connectivity index (χ2n) is 8.65. The third-order valence-corrected chi connectivity index (χ3v) is 6.96. The van der Waals surface area contributed by atoms with E-state index in [-0.39, 0.29) is 6.04 Å². The number of nitrogens with zero attached hydrogens (tertiary/aromatic N) is 4. The van der Waals surface area contributed by atoms with Crippen LogP contribution in [-0.4, -0.2) is 22.8 Å². The molecule has 5 nitrogen and oxygen atoms in total. The van der Waals surface area contributed by atoms with E-state index in [1.54, 1.807) is 7.11 Å². The summed E-state index contributed by atoms with van der Waals surface area (Å²) in [4.78, 5) is 10.1. The lowest BCUT2D eigenvalue weighted by atomic mass is 9.98. The molecule has 0 amide bonds. The summed E-state index contributed by atoms with van der Waals surface area (Å²) >= 11 is 3.56. The third-order valence-electron chi connectivity index (χ3n) is 6.43. The zero-order chi connectivity index (χ0) is 24.5. The molecule has 1 unspecified atom stereocenters. The molecular formula is C30H23BrN4O. The first-order valence-electron chi connectivity index (χ1n) is 11.8. The SMILES string of the molecule is COc1ccc(C2=NN(c3nc(-c4ccccc4)c4ccccc4n3)C(c3ccc(Br)cc3)C2)cc1. The Morgan fingerprint density at radius 2 is 1.50 bits per heavy atom. The minimum absolute atomic E-state index is 0.0278. The van der Waals surface area contributed by atoms with E-state index in [0.717, 1.165) is 55.6 Å². The van der Waals surface area contributed by atoms with Gasteiger partial charge in [-0.15, -0.1) is 0 Å². The number of ether oxygens (including phenoxy) is 1. The molecule has 6 heteroatoms. The number of rotatable bonds is 5. The molecule has 0 spiro atoms. The minimum Gasteiger partial charge on any atom is -0.497 e. The van der Waals surface area contributed by atoms with E-state index in [1.165, 1.54) is 0 Å². The average Bonchev–Trinajstić information content (AvgIpc) is 3.39. The maximum absolute atomic E-state index is 5.35. The lowest BCUT2D eigenvalue weighted by molar-refractivity contribution is 0.415. The van der Waals surface area contributed by atoms with Gasteiger partial charge in [0.25, 0.3) is 0 Å². The van der Waals surface area contributed by atoms with Crippen LogP contribution in [-0.2, 0) is 0 Å². The fraction of sp³-hybridized carbons (Fsp3) is 0.100. The molecule has 0 aliphatic carbocycles. The number of hydrogen-bond donors (Lipinski definition) is 0. The maximum atomic E-state index is 5.35. The Labute approximate surface area is 218 Å². The normalized spacial score (nSPS) is 15.2. The van der Waals surface area contributed by atoms with Crippen LogP contribution in [0.2, 0.25) is 0 Å². The molecule has 1 aliphatic heterocycles. The molecule has 5 aromatic rings. The van der Waals surface area contributed by atoms with Crippen molar-refractivity contribution >= 4 is 38.5 Å². The number of hydrazone groups is 1.